The molecular weight excluding hydrogens is 259 g/mol. The lowest BCUT2D eigenvalue weighted by Gasteiger charge is -2.08. The number of nitrogens with one attached hydrogen (secondary N) is 1. The fourth-order valence-electron chi connectivity index (χ4n) is 1.76. The average Bonchev–Trinajstić information content (AvgIpc) is 2.47. The lowest BCUT2D eigenvalue weighted by Crippen LogP contribution is -2.24. The van der Waals surface area contributed by atoms with Crippen LogP contribution in [0.4, 0.5) is 4.39 Å². The van der Waals surface area contributed by atoms with Crippen molar-refractivity contribution in [2.75, 3.05) is 7.11 Å². The van der Waals surface area contributed by atoms with Gasteiger partial charge >= 0.3 is 0 Å². The fraction of sp³-hybridized carbons (Fsp3) is 0.200. The Morgan fingerprint density at radius 3 is 2.90 bits per heavy atom. The van der Waals surface area contributed by atoms with Crippen molar-refractivity contribution in [3.8, 4) is 5.88 Å². The molecule has 0 atom stereocenters. The lowest BCUT2D eigenvalue weighted by atomic mass is 10.1. The molecule has 2 rings (SSSR count). The molecule has 20 heavy (non-hydrogen) atoms. The summed E-state index contributed by atoms with van der Waals surface area (Å²) >= 11 is 0. The van der Waals surface area contributed by atoms with Crippen molar-refractivity contribution < 1.29 is 13.9 Å². The van der Waals surface area contributed by atoms with Crippen LogP contribution in [0.2, 0.25) is 0 Å². The first-order valence-electron chi connectivity index (χ1n) is 6.13. The molecule has 0 radical (unpaired) electrons. The van der Waals surface area contributed by atoms with Crippen LogP contribution in [0.15, 0.2) is 36.5 Å². The molecule has 1 N–H and O–H groups in total. The zero-order chi connectivity index (χ0) is 14.5. The summed E-state index contributed by atoms with van der Waals surface area (Å²) < 4.78 is 18.6. The van der Waals surface area contributed by atoms with Gasteiger partial charge in [-0.25, -0.2) is 9.37 Å². The second-order valence-corrected chi connectivity index (χ2v) is 4.37. The quantitative estimate of drug-likeness (QED) is 0.931. The first-order chi connectivity index (χ1) is 9.60. The van der Waals surface area contributed by atoms with Crippen LogP contribution in [-0.4, -0.2) is 18.0 Å². The molecule has 0 aliphatic heterocycles. The van der Waals surface area contributed by atoms with Crippen LogP contribution < -0.4 is 10.1 Å². The SMILES string of the molecule is COc1cc(CNC(=O)c2cc(C)ccc2F)ccn1. The van der Waals surface area contributed by atoms with Gasteiger partial charge in [0.2, 0.25) is 5.88 Å². The Bertz CT molecular complexity index is 629. The predicted molar refractivity (Wildman–Crippen MR) is 73.1 cm³/mol. The van der Waals surface area contributed by atoms with Crippen molar-refractivity contribution in [3.05, 3.63) is 59.0 Å². The minimum atomic E-state index is -0.527. The predicted octanol–water partition coefficient (Wildman–Crippen LogP) is 2.47. The van der Waals surface area contributed by atoms with Gasteiger partial charge in [0.1, 0.15) is 5.82 Å². The maximum absolute atomic E-state index is 13.6. The summed E-state index contributed by atoms with van der Waals surface area (Å²) in [6.45, 7) is 2.09. The summed E-state index contributed by atoms with van der Waals surface area (Å²) in [4.78, 5) is 15.9. The zero-order valence-corrected chi connectivity index (χ0v) is 11.3. The molecule has 5 heteroatoms. The van der Waals surface area contributed by atoms with Gasteiger partial charge in [-0.2, -0.15) is 0 Å². The maximum atomic E-state index is 13.6. The Balaban J connectivity index is 2.06. The smallest absolute Gasteiger partial charge is 0.254 e. The molecule has 0 saturated carbocycles. The molecule has 1 aromatic carbocycles. The number of halogens is 1. The number of rotatable bonds is 4. The molecule has 0 unspecified atom stereocenters. The molecule has 104 valence electrons. The normalized spacial score (nSPS) is 10.2. The van der Waals surface area contributed by atoms with Gasteiger partial charge in [0, 0.05) is 18.8 Å². The Morgan fingerprint density at radius 2 is 2.15 bits per heavy atom. The number of nitrogens with zero attached hydrogens (tertiary/aromatic N) is 1. The second kappa shape index (κ2) is 6.14. The summed E-state index contributed by atoms with van der Waals surface area (Å²) in [5, 5.41) is 2.67. The number of pyridine rings is 1. The maximum Gasteiger partial charge on any atom is 0.254 e. The standard InChI is InChI=1S/C15H15FN2O2/c1-10-3-4-13(16)12(7-10)15(19)18-9-11-5-6-17-14(8-11)20-2/h3-8H,9H2,1-2H3,(H,18,19). The van der Waals surface area contributed by atoms with Gasteiger partial charge in [-0.1, -0.05) is 11.6 Å². The number of aryl methyl sites for hydroxylation is 1. The number of ether oxygens (including phenoxy) is 1. The number of hydrogen-bond donors (Lipinski definition) is 1. The van der Waals surface area contributed by atoms with Crippen LogP contribution in [0.1, 0.15) is 21.5 Å². The molecule has 0 aliphatic carbocycles. The topological polar surface area (TPSA) is 51.2 Å². The monoisotopic (exact) mass is 274 g/mol. The number of methoxy groups -OCH3 is 1. The number of hydrogen-bond acceptors (Lipinski definition) is 3. The molecule has 2 aromatic rings. The number of aromatic nitrogens is 1. The van der Waals surface area contributed by atoms with E-state index < -0.39 is 11.7 Å². The molecule has 0 fully saturated rings. The van der Waals surface area contributed by atoms with Gasteiger partial charge in [0.25, 0.3) is 5.91 Å². The third-order valence-electron chi connectivity index (χ3n) is 2.83. The molecule has 1 amide bonds. The van der Waals surface area contributed by atoms with E-state index in [4.69, 9.17) is 4.74 Å². The molecule has 1 aromatic heterocycles. The summed E-state index contributed by atoms with van der Waals surface area (Å²) in [6, 6.07) is 7.92. The van der Waals surface area contributed by atoms with Crippen molar-refractivity contribution in [2.24, 2.45) is 0 Å². The van der Waals surface area contributed by atoms with E-state index in [-0.39, 0.29) is 12.1 Å². The highest BCUT2D eigenvalue weighted by atomic mass is 19.1. The lowest BCUT2D eigenvalue weighted by molar-refractivity contribution is 0.0946. The highest BCUT2D eigenvalue weighted by Crippen LogP contribution is 2.11. The van der Waals surface area contributed by atoms with Crippen LogP contribution in [0, 0.1) is 12.7 Å². The highest BCUT2D eigenvalue weighted by molar-refractivity contribution is 5.94. The Kier molecular flexibility index (Phi) is 4.30. The third-order valence-corrected chi connectivity index (χ3v) is 2.83. The van der Waals surface area contributed by atoms with Crippen LogP contribution in [0.25, 0.3) is 0 Å². The van der Waals surface area contributed by atoms with Crippen LogP contribution >= 0.6 is 0 Å². The minimum absolute atomic E-state index is 0.0472. The van der Waals surface area contributed by atoms with E-state index >= 15 is 0 Å². The van der Waals surface area contributed by atoms with Crippen LogP contribution in [0.5, 0.6) is 5.88 Å². The van der Waals surface area contributed by atoms with Crippen LogP contribution in [0.3, 0.4) is 0 Å². The minimum Gasteiger partial charge on any atom is -0.481 e. The third kappa shape index (κ3) is 3.32. The summed E-state index contributed by atoms with van der Waals surface area (Å²) in [5.74, 6) is -0.499. The largest absolute Gasteiger partial charge is 0.481 e. The van der Waals surface area contributed by atoms with Gasteiger partial charge in [-0.3, -0.25) is 4.79 Å². The van der Waals surface area contributed by atoms with Crippen molar-refractivity contribution >= 4 is 5.91 Å². The summed E-state index contributed by atoms with van der Waals surface area (Å²) in [6.07, 6.45) is 1.59. The van der Waals surface area contributed by atoms with Crippen molar-refractivity contribution in [1.29, 1.82) is 0 Å². The van der Waals surface area contributed by atoms with Crippen molar-refractivity contribution in [2.45, 2.75) is 13.5 Å². The molecule has 0 saturated heterocycles. The van der Waals surface area contributed by atoms with E-state index in [0.29, 0.717) is 5.88 Å². The Morgan fingerprint density at radius 1 is 1.35 bits per heavy atom. The Labute approximate surface area is 116 Å². The molecule has 0 spiro atoms. The van der Waals surface area contributed by atoms with Crippen molar-refractivity contribution in [1.82, 2.24) is 10.3 Å². The van der Waals surface area contributed by atoms with Gasteiger partial charge < -0.3 is 10.1 Å². The van der Waals surface area contributed by atoms with E-state index in [1.807, 2.05) is 6.92 Å². The number of carbonyl (C=O) groups excluding carboxylic acids is 1. The van der Waals surface area contributed by atoms with Gasteiger partial charge in [0.05, 0.1) is 12.7 Å². The van der Waals surface area contributed by atoms with E-state index in [1.165, 1.54) is 19.2 Å². The van der Waals surface area contributed by atoms with Gasteiger partial charge in [-0.15, -0.1) is 0 Å². The van der Waals surface area contributed by atoms with Crippen molar-refractivity contribution in [3.63, 3.8) is 0 Å². The second-order valence-electron chi connectivity index (χ2n) is 4.37. The number of carbonyl (C=O) groups is 1. The first-order valence-corrected chi connectivity index (χ1v) is 6.13. The van der Waals surface area contributed by atoms with E-state index in [0.717, 1.165) is 11.1 Å². The number of amides is 1. The summed E-state index contributed by atoms with van der Waals surface area (Å²) in [7, 11) is 1.52. The average molecular weight is 274 g/mol. The molecule has 4 nitrogen and oxygen atoms in total. The first kappa shape index (κ1) is 14.0. The van der Waals surface area contributed by atoms with Gasteiger partial charge in [0.15, 0.2) is 0 Å². The van der Waals surface area contributed by atoms with E-state index in [1.54, 1.807) is 24.4 Å². The molecular formula is C15H15FN2O2. The highest BCUT2D eigenvalue weighted by Gasteiger charge is 2.11. The fourth-order valence-corrected chi connectivity index (χ4v) is 1.76. The molecule has 0 aliphatic rings. The van der Waals surface area contributed by atoms with Crippen LogP contribution in [-0.2, 0) is 6.54 Å². The molecule has 1 heterocycles. The summed E-state index contributed by atoms with van der Waals surface area (Å²) in [5.41, 5.74) is 1.71. The Hall–Kier alpha value is -2.43. The van der Waals surface area contributed by atoms with Gasteiger partial charge in [-0.05, 0) is 30.7 Å². The zero-order valence-electron chi connectivity index (χ0n) is 11.3. The van der Waals surface area contributed by atoms with E-state index in [9.17, 15) is 9.18 Å². The van der Waals surface area contributed by atoms with E-state index in [2.05, 4.69) is 10.3 Å². The molecule has 0 bridgehead atoms. The number of benzene rings is 1.